The maximum atomic E-state index is 12.7. The molecule has 9 nitrogen and oxygen atoms in total. The molecule has 0 aliphatic carbocycles. The molecule has 0 bridgehead atoms. The van der Waals surface area contributed by atoms with Crippen LogP contribution in [0.1, 0.15) is 26.3 Å². The van der Waals surface area contributed by atoms with Crippen LogP contribution in [0.5, 0.6) is 0 Å². The number of halogens is 1. The van der Waals surface area contributed by atoms with E-state index < -0.39 is 38.0 Å². The van der Waals surface area contributed by atoms with E-state index in [0.717, 1.165) is 4.57 Å². The minimum absolute atomic E-state index is 0.257. The monoisotopic (exact) mass is 397 g/mol. The van der Waals surface area contributed by atoms with Gasteiger partial charge in [-0.1, -0.05) is 20.8 Å². The molecule has 0 amide bonds. The first kappa shape index (κ1) is 24.7. The molecule has 1 unspecified atom stereocenters. The van der Waals surface area contributed by atoms with Crippen LogP contribution in [0, 0.1) is 6.92 Å². The van der Waals surface area contributed by atoms with E-state index in [2.05, 4.69) is 25.7 Å². The molecule has 1 atom stereocenters. The van der Waals surface area contributed by atoms with Gasteiger partial charge in [0.25, 0.3) is 5.56 Å². The van der Waals surface area contributed by atoms with Crippen LogP contribution in [0.15, 0.2) is 15.8 Å². The number of rotatable bonds is 9. The number of nitrogens with one attached hydrogen (secondary N) is 1. The Morgan fingerprint density at radius 1 is 1.27 bits per heavy atom. The Hall–Kier alpha value is -1.32. The van der Waals surface area contributed by atoms with Gasteiger partial charge in [0.2, 0.25) is 0 Å². The van der Waals surface area contributed by atoms with Gasteiger partial charge in [-0.3, -0.25) is 18.9 Å². The number of hydrogen-bond acceptors (Lipinski definition) is 5. The lowest BCUT2D eigenvalue weighted by atomic mass is 10.3. The summed E-state index contributed by atoms with van der Waals surface area (Å²) in [5.41, 5.74) is -1.03. The number of H-pyrrole nitrogens is 1. The highest BCUT2D eigenvalue weighted by Gasteiger charge is 2.19. The number of alkyl halides is 1. The SMILES string of the molecule is CCN(CC)CC.Cc1cn(CC(CF)OCP(=O)(O)O)c(=O)[nH]c1=O. The smallest absolute Gasteiger partial charge is 0.350 e. The molecule has 1 rings (SSSR count). The van der Waals surface area contributed by atoms with Crippen LogP contribution >= 0.6 is 7.60 Å². The molecule has 0 fully saturated rings. The molecule has 0 aliphatic heterocycles. The van der Waals surface area contributed by atoms with Crippen molar-refractivity contribution in [2.45, 2.75) is 40.3 Å². The molecule has 1 aromatic rings. The first-order valence-corrected chi connectivity index (χ1v) is 10.1. The van der Waals surface area contributed by atoms with Gasteiger partial charge < -0.3 is 19.4 Å². The summed E-state index contributed by atoms with van der Waals surface area (Å²) in [6.07, 6.45) is -0.890. The topological polar surface area (TPSA) is 125 Å². The van der Waals surface area contributed by atoms with Crippen LogP contribution in [0.3, 0.4) is 0 Å². The molecule has 152 valence electrons. The average molecular weight is 397 g/mol. The molecule has 0 aromatic carbocycles. The molecule has 0 saturated heterocycles. The second kappa shape index (κ2) is 12.1. The van der Waals surface area contributed by atoms with E-state index in [1.807, 2.05) is 4.98 Å². The van der Waals surface area contributed by atoms with Crippen molar-refractivity contribution in [1.29, 1.82) is 0 Å². The summed E-state index contributed by atoms with van der Waals surface area (Å²) < 4.78 is 29.0. The third kappa shape index (κ3) is 9.98. The zero-order chi connectivity index (χ0) is 20.3. The van der Waals surface area contributed by atoms with E-state index in [1.165, 1.54) is 32.8 Å². The standard InChI is InChI=1S/C9H14FN2O6P.C6H15N/c1-6-3-12(9(14)11-8(6)13)4-7(2-10)18-5-19(15,16)17;1-4-7(5-2)6-3/h3,7H,2,4-5H2,1H3,(H,11,13,14)(H2,15,16,17);4-6H2,1-3H3. The van der Waals surface area contributed by atoms with E-state index in [-0.39, 0.29) is 12.1 Å². The maximum absolute atomic E-state index is 12.7. The Morgan fingerprint density at radius 3 is 2.19 bits per heavy atom. The summed E-state index contributed by atoms with van der Waals surface area (Å²) in [6.45, 7) is 10.3. The van der Waals surface area contributed by atoms with E-state index in [1.54, 1.807) is 0 Å². The van der Waals surface area contributed by atoms with Gasteiger partial charge in [0, 0.05) is 11.8 Å². The van der Waals surface area contributed by atoms with E-state index in [0.29, 0.717) is 0 Å². The number of hydrogen-bond donors (Lipinski definition) is 3. The lowest BCUT2D eigenvalue weighted by Gasteiger charge is -2.16. The maximum Gasteiger partial charge on any atom is 0.350 e. The van der Waals surface area contributed by atoms with Crippen molar-refractivity contribution < 1.29 is 23.5 Å². The predicted molar refractivity (Wildman–Crippen MR) is 97.3 cm³/mol. The van der Waals surface area contributed by atoms with Gasteiger partial charge in [0.15, 0.2) is 0 Å². The van der Waals surface area contributed by atoms with Crippen molar-refractivity contribution in [2.75, 3.05) is 32.7 Å². The Morgan fingerprint density at radius 2 is 1.81 bits per heavy atom. The second-order valence-electron chi connectivity index (χ2n) is 5.58. The van der Waals surface area contributed by atoms with Gasteiger partial charge in [-0.25, -0.2) is 9.18 Å². The van der Waals surface area contributed by atoms with Gasteiger partial charge in [0.1, 0.15) is 19.1 Å². The van der Waals surface area contributed by atoms with Crippen LogP contribution in [-0.2, 0) is 15.8 Å². The van der Waals surface area contributed by atoms with Crippen molar-refractivity contribution in [3.8, 4) is 0 Å². The van der Waals surface area contributed by atoms with Crippen molar-refractivity contribution in [2.24, 2.45) is 0 Å². The third-order valence-electron chi connectivity index (χ3n) is 3.58. The van der Waals surface area contributed by atoms with Crippen molar-refractivity contribution >= 4 is 7.60 Å². The number of aromatic amines is 1. The molecule has 1 aromatic heterocycles. The lowest BCUT2D eigenvalue weighted by molar-refractivity contribution is 0.0429. The van der Waals surface area contributed by atoms with Crippen LogP contribution in [0.2, 0.25) is 0 Å². The van der Waals surface area contributed by atoms with Gasteiger partial charge in [-0.05, 0) is 26.6 Å². The van der Waals surface area contributed by atoms with Gasteiger partial charge in [-0.15, -0.1) is 0 Å². The molecule has 11 heteroatoms. The molecule has 0 aliphatic rings. The Labute approximate surface area is 152 Å². The minimum atomic E-state index is -4.40. The zero-order valence-corrected chi connectivity index (χ0v) is 16.5. The fourth-order valence-corrected chi connectivity index (χ4v) is 2.40. The first-order chi connectivity index (χ1) is 12.1. The molecular formula is C15H29FN3O6P. The third-order valence-corrected chi connectivity index (χ3v) is 4.07. The predicted octanol–water partition coefficient (Wildman–Crippen LogP) is 0.683. The fourth-order valence-electron chi connectivity index (χ4n) is 1.99. The molecular weight excluding hydrogens is 368 g/mol. The highest BCUT2D eigenvalue weighted by Crippen LogP contribution is 2.34. The van der Waals surface area contributed by atoms with Gasteiger partial charge in [0.05, 0.1) is 6.54 Å². The normalized spacial score (nSPS) is 12.6. The average Bonchev–Trinajstić information content (AvgIpc) is 2.57. The summed E-state index contributed by atoms with van der Waals surface area (Å²) in [5.74, 6) is 0. The second-order valence-corrected chi connectivity index (χ2v) is 7.17. The summed E-state index contributed by atoms with van der Waals surface area (Å²) >= 11 is 0. The highest BCUT2D eigenvalue weighted by molar-refractivity contribution is 7.51. The van der Waals surface area contributed by atoms with Crippen LogP contribution in [0.25, 0.3) is 0 Å². The Balaban J connectivity index is 0.000000758. The highest BCUT2D eigenvalue weighted by atomic mass is 31.2. The summed E-state index contributed by atoms with van der Waals surface area (Å²) in [7, 11) is -4.40. The zero-order valence-electron chi connectivity index (χ0n) is 15.6. The van der Waals surface area contributed by atoms with Crippen molar-refractivity contribution in [3.05, 3.63) is 32.6 Å². The molecule has 0 saturated carbocycles. The summed E-state index contributed by atoms with van der Waals surface area (Å²) in [5, 5.41) is 0. The largest absolute Gasteiger partial charge is 0.361 e. The quantitative estimate of drug-likeness (QED) is 0.524. The number of ether oxygens (including phenoxy) is 1. The van der Waals surface area contributed by atoms with Crippen molar-refractivity contribution in [3.63, 3.8) is 0 Å². The number of aromatic nitrogens is 2. The number of nitrogens with zero attached hydrogens (tertiary/aromatic N) is 2. The molecule has 1 heterocycles. The molecule has 0 radical (unpaired) electrons. The molecule has 26 heavy (non-hydrogen) atoms. The van der Waals surface area contributed by atoms with Crippen LogP contribution in [-0.4, -0.2) is 63.0 Å². The Bertz CT molecular complexity index is 677. The van der Waals surface area contributed by atoms with E-state index in [9.17, 15) is 18.5 Å². The Kier molecular flexibility index (Phi) is 11.5. The van der Waals surface area contributed by atoms with E-state index >= 15 is 0 Å². The van der Waals surface area contributed by atoms with Crippen LogP contribution in [0.4, 0.5) is 4.39 Å². The van der Waals surface area contributed by atoms with Gasteiger partial charge in [-0.2, -0.15) is 0 Å². The first-order valence-electron chi connectivity index (χ1n) is 8.32. The van der Waals surface area contributed by atoms with Crippen molar-refractivity contribution in [1.82, 2.24) is 14.5 Å². The van der Waals surface area contributed by atoms with Gasteiger partial charge >= 0.3 is 13.3 Å². The lowest BCUT2D eigenvalue weighted by Crippen LogP contribution is -2.35. The summed E-state index contributed by atoms with van der Waals surface area (Å²) in [6, 6.07) is 0. The minimum Gasteiger partial charge on any atom is -0.361 e. The molecule has 0 spiro atoms. The van der Waals surface area contributed by atoms with Crippen LogP contribution < -0.4 is 11.2 Å². The molecule has 3 N–H and O–H groups in total. The number of aryl methyl sites for hydroxylation is 1. The summed E-state index contributed by atoms with van der Waals surface area (Å²) in [4.78, 5) is 44.2. The fraction of sp³-hybridized carbons (Fsp3) is 0.733. The van der Waals surface area contributed by atoms with E-state index in [4.69, 9.17) is 14.5 Å².